The van der Waals surface area contributed by atoms with Gasteiger partial charge in [-0.1, -0.05) is 17.2 Å². The summed E-state index contributed by atoms with van der Waals surface area (Å²) >= 11 is 0. The van der Waals surface area contributed by atoms with Crippen LogP contribution in [0, 0.1) is 13.8 Å². The lowest BCUT2D eigenvalue weighted by atomic mass is 10.0. The van der Waals surface area contributed by atoms with E-state index in [9.17, 15) is 4.79 Å². The van der Waals surface area contributed by atoms with Crippen molar-refractivity contribution in [3.63, 3.8) is 0 Å². The summed E-state index contributed by atoms with van der Waals surface area (Å²) < 4.78 is 0. The third-order valence-corrected chi connectivity index (χ3v) is 3.03. The van der Waals surface area contributed by atoms with E-state index in [1.165, 1.54) is 0 Å². The summed E-state index contributed by atoms with van der Waals surface area (Å²) in [5, 5.41) is 17.8. The minimum atomic E-state index is 0.0394. The normalized spacial score (nSPS) is 11.0. The first kappa shape index (κ1) is 15.8. The van der Waals surface area contributed by atoms with Gasteiger partial charge in [0.1, 0.15) is 0 Å². The molecule has 1 aromatic carbocycles. The summed E-state index contributed by atoms with van der Waals surface area (Å²) in [5.74, 6) is 0.104. The maximum absolute atomic E-state index is 12.1. The summed E-state index contributed by atoms with van der Waals surface area (Å²) in [6.07, 6.45) is 0.406. The SMILES string of the molecule is Cc1cc(C)cc(C(=O)CCN(CCO)CCO)c1. The molecule has 1 rings (SSSR count). The number of nitrogens with zero attached hydrogens (tertiary/aromatic N) is 1. The van der Waals surface area contributed by atoms with Gasteiger partial charge in [-0.3, -0.25) is 9.69 Å². The number of aryl methyl sites for hydroxylation is 2. The Bertz CT molecular complexity index is 392. The van der Waals surface area contributed by atoms with E-state index in [4.69, 9.17) is 10.2 Å². The van der Waals surface area contributed by atoms with Gasteiger partial charge in [0.25, 0.3) is 0 Å². The fourth-order valence-electron chi connectivity index (χ4n) is 2.16. The standard InChI is InChI=1S/C15H23NO3/c1-12-9-13(2)11-14(10-12)15(19)3-4-16(5-7-17)6-8-18/h9-11,17-18H,3-8H2,1-2H3. The van der Waals surface area contributed by atoms with Crippen LogP contribution in [0.25, 0.3) is 0 Å². The predicted octanol–water partition coefficient (Wildman–Crippen LogP) is 1.16. The van der Waals surface area contributed by atoms with E-state index >= 15 is 0 Å². The van der Waals surface area contributed by atoms with Gasteiger partial charge in [0.2, 0.25) is 0 Å². The van der Waals surface area contributed by atoms with Crippen LogP contribution in [0.4, 0.5) is 0 Å². The summed E-state index contributed by atoms with van der Waals surface area (Å²) in [7, 11) is 0. The second kappa shape index (κ2) is 8.04. The number of hydrogen-bond acceptors (Lipinski definition) is 4. The fraction of sp³-hybridized carbons (Fsp3) is 0.533. The monoisotopic (exact) mass is 265 g/mol. The lowest BCUT2D eigenvalue weighted by molar-refractivity contribution is 0.0946. The Hall–Kier alpha value is -1.23. The summed E-state index contributed by atoms with van der Waals surface area (Å²) in [5.41, 5.74) is 2.92. The van der Waals surface area contributed by atoms with E-state index in [1.807, 2.05) is 36.9 Å². The number of Topliss-reactive ketones (excluding diaryl/α,β-unsaturated/α-hetero) is 1. The first-order valence-corrected chi connectivity index (χ1v) is 6.62. The van der Waals surface area contributed by atoms with E-state index in [2.05, 4.69) is 0 Å². The van der Waals surface area contributed by atoms with Crippen molar-refractivity contribution in [2.45, 2.75) is 20.3 Å². The number of hydrogen-bond donors (Lipinski definition) is 2. The molecule has 0 aliphatic carbocycles. The molecule has 0 spiro atoms. The zero-order valence-electron chi connectivity index (χ0n) is 11.7. The molecule has 4 nitrogen and oxygen atoms in total. The third-order valence-electron chi connectivity index (χ3n) is 3.03. The zero-order chi connectivity index (χ0) is 14.3. The van der Waals surface area contributed by atoms with Crippen LogP contribution in [0.3, 0.4) is 0 Å². The highest BCUT2D eigenvalue weighted by Crippen LogP contribution is 2.11. The van der Waals surface area contributed by atoms with Crippen LogP contribution in [0.5, 0.6) is 0 Å². The first-order chi connectivity index (χ1) is 9.06. The number of aliphatic hydroxyl groups is 2. The number of rotatable bonds is 8. The Kier molecular flexibility index (Phi) is 6.70. The minimum absolute atomic E-state index is 0.0394. The van der Waals surface area contributed by atoms with Gasteiger partial charge in [-0.15, -0.1) is 0 Å². The topological polar surface area (TPSA) is 60.8 Å². The van der Waals surface area contributed by atoms with Gasteiger partial charge < -0.3 is 10.2 Å². The van der Waals surface area contributed by atoms with Gasteiger partial charge in [-0.25, -0.2) is 0 Å². The number of ketones is 1. The average Bonchev–Trinajstić information content (AvgIpc) is 2.35. The van der Waals surface area contributed by atoms with Crippen molar-refractivity contribution < 1.29 is 15.0 Å². The van der Waals surface area contributed by atoms with Crippen molar-refractivity contribution >= 4 is 5.78 Å². The molecule has 0 amide bonds. The van der Waals surface area contributed by atoms with Crippen molar-refractivity contribution in [2.75, 3.05) is 32.8 Å². The molecule has 0 radical (unpaired) electrons. The van der Waals surface area contributed by atoms with Crippen LogP contribution in [0.15, 0.2) is 18.2 Å². The average molecular weight is 265 g/mol. The van der Waals surface area contributed by atoms with Gasteiger partial charge >= 0.3 is 0 Å². The molecule has 0 heterocycles. The Labute approximate surface area is 114 Å². The first-order valence-electron chi connectivity index (χ1n) is 6.62. The molecular weight excluding hydrogens is 242 g/mol. The Morgan fingerprint density at radius 3 is 2.00 bits per heavy atom. The summed E-state index contributed by atoms with van der Waals surface area (Å²) in [6.45, 7) is 5.57. The van der Waals surface area contributed by atoms with Crippen LogP contribution >= 0.6 is 0 Å². The van der Waals surface area contributed by atoms with Crippen molar-refractivity contribution in [2.24, 2.45) is 0 Å². The molecular formula is C15H23NO3. The van der Waals surface area contributed by atoms with Crippen LogP contribution in [0.2, 0.25) is 0 Å². The van der Waals surface area contributed by atoms with E-state index in [1.54, 1.807) is 0 Å². The Morgan fingerprint density at radius 2 is 1.53 bits per heavy atom. The molecule has 0 saturated heterocycles. The summed E-state index contributed by atoms with van der Waals surface area (Å²) in [4.78, 5) is 14.0. The number of benzene rings is 1. The molecule has 1 aromatic rings. The second-order valence-electron chi connectivity index (χ2n) is 4.84. The highest BCUT2D eigenvalue weighted by molar-refractivity contribution is 5.96. The van der Waals surface area contributed by atoms with E-state index in [0.29, 0.717) is 26.1 Å². The van der Waals surface area contributed by atoms with Crippen LogP contribution in [-0.2, 0) is 0 Å². The molecule has 0 saturated carbocycles. The quantitative estimate of drug-likeness (QED) is 0.693. The molecule has 0 atom stereocenters. The van der Waals surface area contributed by atoms with Gasteiger partial charge in [0, 0.05) is 31.6 Å². The lowest BCUT2D eigenvalue weighted by Crippen LogP contribution is -2.31. The smallest absolute Gasteiger partial charge is 0.164 e. The molecule has 0 fully saturated rings. The zero-order valence-corrected chi connectivity index (χ0v) is 11.7. The minimum Gasteiger partial charge on any atom is -0.395 e. The lowest BCUT2D eigenvalue weighted by Gasteiger charge is -2.19. The highest BCUT2D eigenvalue weighted by Gasteiger charge is 2.10. The molecule has 2 N–H and O–H groups in total. The number of carbonyl (C=O) groups excluding carboxylic acids is 1. The van der Waals surface area contributed by atoms with Crippen molar-refractivity contribution in [1.82, 2.24) is 4.90 Å². The molecule has 19 heavy (non-hydrogen) atoms. The van der Waals surface area contributed by atoms with Gasteiger partial charge in [0.15, 0.2) is 5.78 Å². The van der Waals surface area contributed by atoms with E-state index in [-0.39, 0.29) is 19.0 Å². The molecule has 0 bridgehead atoms. The van der Waals surface area contributed by atoms with Crippen LogP contribution < -0.4 is 0 Å². The third kappa shape index (κ3) is 5.51. The maximum atomic E-state index is 12.1. The van der Waals surface area contributed by atoms with Crippen LogP contribution in [0.1, 0.15) is 27.9 Å². The van der Waals surface area contributed by atoms with Gasteiger partial charge in [0.05, 0.1) is 13.2 Å². The van der Waals surface area contributed by atoms with Gasteiger partial charge in [-0.05, 0) is 26.0 Å². The molecule has 4 heteroatoms. The fourth-order valence-corrected chi connectivity index (χ4v) is 2.16. The number of carbonyl (C=O) groups is 1. The van der Waals surface area contributed by atoms with Gasteiger partial charge in [-0.2, -0.15) is 0 Å². The molecule has 0 unspecified atom stereocenters. The van der Waals surface area contributed by atoms with Crippen molar-refractivity contribution in [1.29, 1.82) is 0 Å². The van der Waals surface area contributed by atoms with E-state index in [0.717, 1.165) is 16.7 Å². The summed E-state index contributed by atoms with van der Waals surface area (Å²) in [6, 6.07) is 5.84. The second-order valence-corrected chi connectivity index (χ2v) is 4.84. The Balaban J connectivity index is 2.58. The molecule has 0 aliphatic heterocycles. The largest absolute Gasteiger partial charge is 0.395 e. The predicted molar refractivity (Wildman–Crippen MR) is 75.5 cm³/mol. The maximum Gasteiger partial charge on any atom is 0.164 e. The molecule has 106 valence electrons. The van der Waals surface area contributed by atoms with Crippen molar-refractivity contribution in [3.05, 3.63) is 34.9 Å². The highest BCUT2D eigenvalue weighted by atomic mass is 16.3. The number of aliphatic hydroxyl groups excluding tert-OH is 2. The molecule has 0 aliphatic rings. The molecule has 0 aromatic heterocycles. The Morgan fingerprint density at radius 1 is 1.00 bits per heavy atom. The van der Waals surface area contributed by atoms with E-state index < -0.39 is 0 Å². The van der Waals surface area contributed by atoms with Crippen LogP contribution in [-0.4, -0.2) is 53.7 Å². The van der Waals surface area contributed by atoms with Crippen molar-refractivity contribution in [3.8, 4) is 0 Å².